The molecule has 1 saturated carbocycles. The maximum absolute atomic E-state index is 12.2. The van der Waals surface area contributed by atoms with E-state index in [-0.39, 0.29) is 24.4 Å². The van der Waals surface area contributed by atoms with Crippen molar-refractivity contribution in [2.45, 2.75) is 42.9 Å². The molecule has 1 atom stereocenters. The highest BCUT2D eigenvalue weighted by Gasteiger charge is 2.28. The number of amides is 1. The lowest BCUT2D eigenvalue weighted by molar-refractivity contribution is 0.0947. The third-order valence-corrected chi connectivity index (χ3v) is 4.30. The van der Waals surface area contributed by atoms with Crippen LogP contribution in [0.1, 0.15) is 37.0 Å². The summed E-state index contributed by atoms with van der Waals surface area (Å²) in [5.74, 6) is 0.598. The third-order valence-electron chi connectivity index (χ3n) is 3.22. The van der Waals surface area contributed by atoms with Crippen LogP contribution in [-0.4, -0.2) is 23.7 Å². The van der Waals surface area contributed by atoms with Crippen LogP contribution in [0.5, 0.6) is 0 Å². The number of nitrogens with one attached hydrogen (secondary N) is 1. The van der Waals surface area contributed by atoms with Gasteiger partial charge in [0.2, 0.25) is 0 Å². The van der Waals surface area contributed by atoms with Gasteiger partial charge in [0.05, 0.1) is 5.56 Å². The van der Waals surface area contributed by atoms with Crippen molar-refractivity contribution in [1.29, 1.82) is 0 Å². The monoisotopic (exact) mass is 314 g/mol. The summed E-state index contributed by atoms with van der Waals surface area (Å²) in [4.78, 5) is 13.3. The highest BCUT2D eigenvalue weighted by molar-refractivity contribution is 8.00. The topological polar surface area (TPSA) is 55.1 Å². The fraction of sp³-hybridized carbons (Fsp3) is 0.533. The average Bonchev–Trinajstić information content (AvgIpc) is 3.19. The lowest BCUT2D eigenvalue weighted by atomic mass is 10.2. The molecule has 0 radical (unpaired) electrons. The van der Waals surface area contributed by atoms with Crippen LogP contribution < -0.4 is 11.1 Å². The van der Waals surface area contributed by atoms with Gasteiger partial charge >= 0.3 is 0 Å². The van der Waals surface area contributed by atoms with Gasteiger partial charge < -0.3 is 11.1 Å². The van der Waals surface area contributed by atoms with Crippen LogP contribution in [0.3, 0.4) is 0 Å². The van der Waals surface area contributed by atoms with Crippen LogP contribution in [0.25, 0.3) is 0 Å². The molecule has 0 aliphatic heterocycles. The zero-order valence-electron chi connectivity index (χ0n) is 12.0. The third kappa shape index (κ3) is 5.00. The molecule has 3 nitrogen and oxygen atoms in total. The first-order valence-corrected chi connectivity index (χ1v) is 7.75. The fourth-order valence-electron chi connectivity index (χ4n) is 2.01. The first-order chi connectivity index (χ1) is 9.08. The molecule has 1 aliphatic rings. The second-order valence-corrected chi connectivity index (χ2v) is 6.99. The number of thioether (sulfide) groups is 1. The summed E-state index contributed by atoms with van der Waals surface area (Å²) < 4.78 is 0. The normalized spacial score (nSPS) is 15.6. The molecule has 1 aliphatic carbocycles. The van der Waals surface area contributed by atoms with Crippen molar-refractivity contribution in [1.82, 2.24) is 5.32 Å². The fourth-order valence-corrected chi connectivity index (χ4v) is 2.96. The first kappa shape index (κ1) is 17.3. The SMILES string of the molecule is CC(C)Sc1ccccc1C(=O)NCC(N)C1CC1.Cl. The quantitative estimate of drug-likeness (QED) is 0.793. The Bertz CT molecular complexity index is 449. The Labute approximate surface area is 131 Å². The zero-order valence-corrected chi connectivity index (χ0v) is 13.6. The average molecular weight is 315 g/mol. The molecule has 1 amide bonds. The van der Waals surface area contributed by atoms with Gasteiger partial charge in [0.15, 0.2) is 0 Å². The molecule has 20 heavy (non-hydrogen) atoms. The molecule has 1 aromatic carbocycles. The molecular formula is C15H23ClN2OS. The molecule has 0 saturated heterocycles. The Morgan fingerprint density at radius 2 is 2.05 bits per heavy atom. The Hall–Kier alpha value is -0.710. The van der Waals surface area contributed by atoms with Crippen LogP contribution in [0, 0.1) is 5.92 Å². The van der Waals surface area contributed by atoms with Crippen LogP contribution in [0.4, 0.5) is 0 Å². The van der Waals surface area contributed by atoms with E-state index >= 15 is 0 Å². The number of hydrogen-bond donors (Lipinski definition) is 2. The summed E-state index contributed by atoms with van der Waals surface area (Å²) >= 11 is 1.71. The number of rotatable bonds is 6. The lowest BCUT2D eigenvalue weighted by Gasteiger charge is -2.14. The van der Waals surface area contributed by atoms with Gasteiger partial charge in [-0.3, -0.25) is 4.79 Å². The Balaban J connectivity index is 0.00000200. The van der Waals surface area contributed by atoms with E-state index in [2.05, 4.69) is 19.2 Å². The van der Waals surface area contributed by atoms with Crippen LogP contribution in [0.15, 0.2) is 29.2 Å². The summed E-state index contributed by atoms with van der Waals surface area (Å²) in [5, 5.41) is 3.42. The molecule has 0 bridgehead atoms. The van der Waals surface area contributed by atoms with Gasteiger partial charge in [-0.05, 0) is 30.9 Å². The maximum Gasteiger partial charge on any atom is 0.252 e. The van der Waals surface area contributed by atoms with E-state index in [0.29, 0.717) is 17.7 Å². The van der Waals surface area contributed by atoms with E-state index in [1.807, 2.05) is 24.3 Å². The highest BCUT2D eigenvalue weighted by atomic mass is 35.5. The second-order valence-electron chi connectivity index (χ2n) is 5.37. The van der Waals surface area contributed by atoms with Gasteiger partial charge in [0, 0.05) is 22.7 Å². The largest absolute Gasteiger partial charge is 0.350 e. The van der Waals surface area contributed by atoms with Gasteiger partial charge in [-0.25, -0.2) is 0 Å². The molecule has 0 spiro atoms. The minimum Gasteiger partial charge on any atom is -0.350 e. The molecule has 1 aromatic rings. The molecule has 3 N–H and O–H groups in total. The van der Waals surface area contributed by atoms with E-state index in [0.717, 1.165) is 10.5 Å². The molecule has 0 aromatic heterocycles. The zero-order chi connectivity index (χ0) is 13.8. The highest BCUT2D eigenvalue weighted by Crippen LogP contribution is 2.31. The number of carbonyl (C=O) groups is 1. The molecular weight excluding hydrogens is 292 g/mol. The summed E-state index contributed by atoms with van der Waals surface area (Å²) in [5.41, 5.74) is 6.76. The molecule has 0 heterocycles. The van der Waals surface area contributed by atoms with E-state index < -0.39 is 0 Å². The van der Waals surface area contributed by atoms with Crippen molar-refractivity contribution in [3.05, 3.63) is 29.8 Å². The molecule has 112 valence electrons. The van der Waals surface area contributed by atoms with Crippen molar-refractivity contribution >= 4 is 30.1 Å². The van der Waals surface area contributed by atoms with Crippen molar-refractivity contribution in [2.24, 2.45) is 11.7 Å². The number of hydrogen-bond acceptors (Lipinski definition) is 3. The van der Waals surface area contributed by atoms with Crippen LogP contribution in [0.2, 0.25) is 0 Å². The lowest BCUT2D eigenvalue weighted by Crippen LogP contribution is -2.38. The molecule has 2 rings (SSSR count). The van der Waals surface area contributed by atoms with Gasteiger partial charge in [0.1, 0.15) is 0 Å². The van der Waals surface area contributed by atoms with E-state index in [1.165, 1.54) is 12.8 Å². The smallest absolute Gasteiger partial charge is 0.252 e. The van der Waals surface area contributed by atoms with E-state index in [9.17, 15) is 4.79 Å². The summed E-state index contributed by atoms with van der Waals surface area (Å²) in [6, 6.07) is 7.86. The molecule has 5 heteroatoms. The van der Waals surface area contributed by atoms with Crippen molar-refractivity contribution in [2.75, 3.05) is 6.54 Å². The number of carbonyl (C=O) groups excluding carboxylic acids is 1. The predicted octanol–water partition coefficient (Wildman–Crippen LogP) is 3.08. The summed E-state index contributed by atoms with van der Waals surface area (Å²) in [6.45, 7) is 4.83. The van der Waals surface area contributed by atoms with Gasteiger partial charge in [-0.2, -0.15) is 0 Å². The molecule has 1 fully saturated rings. The second kappa shape index (κ2) is 7.91. The minimum atomic E-state index is -0.0140. The van der Waals surface area contributed by atoms with Crippen LogP contribution in [-0.2, 0) is 0 Å². The predicted molar refractivity (Wildman–Crippen MR) is 87.7 cm³/mol. The number of benzene rings is 1. The van der Waals surface area contributed by atoms with Crippen molar-refractivity contribution in [3.63, 3.8) is 0 Å². The van der Waals surface area contributed by atoms with E-state index in [1.54, 1.807) is 11.8 Å². The van der Waals surface area contributed by atoms with Gasteiger partial charge in [-0.15, -0.1) is 24.2 Å². The van der Waals surface area contributed by atoms with Crippen LogP contribution >= 0.6 is 24.2 Å². The summed E-state index contributed by atoms with van der Waals surface area (Å²) in [6.07, 6.45) is 2.41. The van der Waals surface area contributed by atoms with Gasteiger partial charge in [0.25, 0.3) is 5.91 Å². The maximum atomic E-state index is 12.2. The standard InChI is InChI=1S/C15H22N2OS.ClH/c1-10(2)19-14-6-4-3-5-12(14)15(18)17-9-13(16)11-7-8-11;/h3-6,10-11,13H,7-9,16H2,1-2H3,(H,17,18);1H. The summed E-state index contributed by atoms with van der Waals surface area (Å²) in [7, 11) is 0. The number of nitrogens with two attached hydrogens (primary N) is 1. The minimum absolute atomic E-state index is 0. The van der Waals surface area contributed by atoms with Crippen molar-refractivity contribution in [3.8, 4) is 0 Å². The molecule has 1 unspecified atom stereocenters. The number of halogens is 1. The van der Waals surface area contributed by atoms with E-state index in [4.69, 9.17) is 5.73 Å². The van der Waals surface area contributed by atoms with Crippen molar-refractivity contribution < 1.29 is 4.79 Å². The Kier molecular flexibility index (Phi) is 6.86. The first-order valence-electron chi connectivity index (χ1n) is 6.87. The Morgan fingerprint density at radius 1 is 1.40 bits per heavy atom. The van der Waals surface area contributed by atoms with Gasteiger partial charge in [-0.1, -0.05) is 26.0 Å². The Morgan fingerprint density at radius 3 is 2.65 bits per heavy atom.